The second-order valence-electron chi connectivity index (χ2n) is 5.77. The number of pyridine rings is 1. The molecule has 0 atom stereocenters. The van der Waals surface area contributed by atoms with E-state index in [0.29, 0.717) is 15.9 Å². The summed E-state index contributed by atoms with van der Waals surface area (Å²) in [7, 11) is 0. The maximum Gasteiger partial charge on any atom is 0.355 e. The molecule has 0 aliphatic rings. The Bertz CT molecular complexity index is 1110. The molecule has 0 bridgehead atoms. The Hall–Kier alpha value is -2.83. The molecule has 1 heterocycles. The van der Waals surface area contributed by atoms with Crippen LogP contribution in [0.4, 0.5) is 5.69 Å². The summed E-state index contributed by atoms with van der Waals surface area (Å²) in [6.45, 7) is 1.21. The molecule has 0 saturated heterocycles. The van der Waals surface area contributed by atoms with Gasteiger partial charge in [-0.15, -0.1) is 0 Å². The van der Waals surface area contributed by atoms with Crippen LogP contribution in [0, 0.1) is 6.92 Å². The van der Waals surface area contributed by atoms with Gasteiger partial charge in [-0.05, 0) is 30.7 Å². The molecule has 3 rings (SSSR count). The normalized spacial score (nSPS) is 10.6. The van der Waals surface area contributed by atoms with E-state index in [-0.39, 0.29) is 21.8 Å². The average Bonchev–Trinajstić information content (AvgIpc) is 2.66. The lowest BCUT2D eigenvalue weighted by molar-refractivity contribution is -0.119. The van der Waals surface area contributed by atoms with Gasteiger partial charge >= 0.3 is 5.97 Å². The minimum Gasteiger partial charge on any atom is -0.451 e. The quantitative estimate of drug-likeness (QED) is 0.644. The SMILES string of the molecule is Cc1ccc(Cl)c(NC(=O)COC(=O)c2cc(=O)c3ccccc3[nH]2)c1Cl. The standard InChI is InChI=1S/C19H14Cl2N2O4/c1-10-6-7-12(20)18(17(10)21)23-16(25)9-27-19(26)14-8-15(24)11-4-2-3-5-13(11)22-14/h2-8H,9H2,1H3,(H,22,24)(H,23,25). The summed E-state index contributed by atoms with van der Waals surface area (Å²) >= 11 is 12.2. The van der Waals surface area contributed by atoms with Crippen LogP contribution in [0.15, 0.2) is 47.3 Å². The maximum atomic E-state index is 12.2. The van der Waals surface area contributed by atoms with Gasteiger partial charge in [0.25, 0.3) is 5.91 Å². The van der Waals surface area contributed by atoms with E-state index in [1.54, 1.807) is 43.3 Å². The summed E-state index contributed by atoms with van der Waals surface area (Å²) in [5, 5.41) is 3.54. The third-order valence-corrected chi connectivity index (χ3v) is 4.64. The van der Waals surface area contributed by atoms with Crippen LogP contribution in [0.2, 0.25) is 10.0 Å². The van der Waals surface area contributed by atoms with Crippen molar-refractivity contribution in [1.82, 2.24) is 4.98 Å². The number of esters is 1. The summed E-state index contributed by atoms with van der Waals surface area (Å²) in [6.07, 6.45) is 0. The molecule has 27 heavy (non-hydrogen) atoms. The summed E-state index contributed by atoms with van der Waals surface area (Å²) in [4.78, 5) is 39.1. The molecular formula is C19H14Cl2N2O4. The number of amides is 1. The number of ether oxygens (including phenoxy) is 1. The zero-order valence-corrected chi connectivity index (χ0v) is 15.6. The first kappa shape index (κ1) is 18.9. The number of carbonyl (C=O) groups excluding carboxylic acids is 2. The van der Waals surface area contributed by atoms with Crippen molar-refractivity contribution in [2.75, 3.05) is 11.9 Å². The Kier molecular flexibility index (Phi) is 5.48. The second kappa shape index (κ2) is 7.82. The average molecular weight is 405 g/mol. The molecule has 1 aromatic heterocycles. The topological polar surface area (TPSA) is 88.3 Å². The van der Waals surface area contributed by atoms with Gasteiger partial charge in [0.1, 0.15) is 5.69 Å². The summed E-state index contributed by atoms with van der Waals surface area (Å²) in [5.41, 5.74) is 1.12. The number of benzene rings is 2. The highest BCUT2D eigenvalue weighted by Gasteiger charge is 2.15. The number of para-hydroxylation sites is 1. The molecule has 138 valence electrons. The van der Waals surface area contributed by atoms with E-state index in [2.05, 4.69) is 10.3 Å². The number of hydrogen-bond acceptors (Lipinski definition) is 4. The van der Waals surface area contributed by atoms with E-state index in [9.17, 15) is 14.4 Å². The number of aromatic nitrogens is 1. The number of fused-ring (bicyclic) bond motifs is 1. The Morgan fingerprint density at radius 3 is 2.67 bits per heavy atom. The fourth-order valence-electron chi connectivity index (χ4n) is 2.46. The highest BCUT2D eigenvalue weighted by atomic mass is 35.5. The van der Waals surface area contributed by atoms with E-state index in [0.717, 1.165) is 11.6 Å². The van der Waals surface area contributed by atoms with Crippen LogP contribution in [-0.2, 0) is 9.53 Å². The molecule has 0 aliphatic heterocycles. The van der Waals surface area contributed by atoms with Crippen LogP contribution < -0.4 is 10.7 Å². The van der Waals surface area contributed by atoms with Crippen LogP contribution in [0.1, 0.15) is 16.1 Å². The number of aromatic amines is 1. The van der Waals surface area contributed by atoms with Gasteiger partial charge in [0.2, 0.25) is 0 Å². The van der Waals surface area contributed by atoms with Crippen molar-refractivity contribution >= 4 is 51.7 Å². The first-order chi connectivity index (χ1) is 12.9. The zero-order valence-electron chi connectivity index (χ0n) is 14.1. The number of aryl methyl sites for hydroxylation is 1. The fraction of sp³-hybridized carbons (Fsp3) is 0.105. The molecule has 0 fully saturated rings. The van der Waals surface area contributed by atoms with Crippen molar-refractivity contribution in [2.45, 2.75) is 6.92 Å². The van der Waals surface area contributed by atoms with Crippen molar-refractivity contribution in [1.29, 1.82) is 0 Å². The van der Waals surface area contributed by atoms with E-state index >= 15 is 0 Å². The van der Waals surface area contributed by atoms with Crippen molar-refractivity contribution in [2.24, 2.45) is 0 Å². The van der Waals surface area contributed by atoms with Gasteiger partial charge in [0.05, 0.1) is 15.7 Å². The molecule has 0 saturated carbocycles. The first-order valence-corrected chi connectivity index (χ1v) is 8.66. The lowest BCUT2D eigenvalue weighted by Crippen LogP contribution is -2.22. The number of rotatable bonds is 4. The van der Waals surface area contributed by atoms with Crippen molar-refractivity contribution in [3.05, 3.63) is 74.0 Å². The monoisotopic (exact) mass is 404 g/mol. The van der Waals surface area contributed by atoms with E-state index in [1.165, 1.54) is 0 Å². The fourth-order valence-corrected chi connectivity index (χ4v) is 2.93. The third kappa shape index (κ3) is 4.13. The minimum atomic E-state index is -0.825. The molecular weight excluding hydrogens is 391 g/mol. The Morgan fingerprint density at radius 1 is 1.15 bits per heavy atom. The van der Waals surface area contributed by atoms with Gasteiger partial charge in [0, 0.05) is 17.0 Å². The first-order valence-electron chi connectivity index (χ1n) is 7.90. The highest BCUT2D eigenvalue weighted by molar-refractivity contribution is 6.40. The van der Waals surface area contributed by atoms with Gasteiger partial charge in [-0.3, -0.25) is 9.59 Å². The molecule has 0 spiro atoms. The Labute approximate surface area is 164 Å². The summed E-state index contributed by atoms with van der Waals surface area (Å²) < 4.78 is 4.97. The summed E-state index contributed by atoms with van der Waals surface area (Å²) in [6, 6.07) is 11.2. The van der Waals surface area contributed by atoms with Crippen molar-refractivity contribution < 1.29 is 14.3 Å². The minimum absolute atomic E-state index is 0.0434. The Balaban J connectivity index is 1.70. The van der Waals surface area contributed by atoms with Gasteiger partial charge in [-0.1, -0.05) is 41.4 Å². The van der Waals surface area contributed by atoms with Gasteiger partial charge in [0.15, 0.2) is 12.0 Å². The van der Waals surface area contributed by atoms with Crippen LogP contribution >= 0.6 is 23.2 Å². The second-order valence-corrected chi connectivity index (χ2v) is 6.56. The molecule has 0 aliphatic carbocycles. The molecule has 1 amide bonds. The molecule has 2 aromatic carbocycles. The lowest BCUT2D eigenvalue weighted by Gasteiger charge is -2.11. The molecule has 0 radical (unpaired) electrons. The number of hydrogen-bond donors (Lipinski definition) is 2. The smallest absolute Gasteiger partial charge is 0.355 e. The number of carbonyl (C=O) groups is 2. The highest BCUT2D eigenvalue weighted by Crippen LogP contribution is 2.32. The lowest BCUT2D eigenvalue weighted by atomic mass is 10.2. The van der Waals surface area contributed by atoms with E-state index < -0.39 is 18.5 Å². The van der Waals surface area contributed by atoms with E-state index in [4.69, 9.17) is 27.9 Å². The van der Waals surface area contributed by atoms with Crippen molar-refractivity contribution in [3.8, 4) is 0 Å². The molecule has 0 unspecified atom stereocenters. The number of nitrogens with one attached hydrogen (secondary N) is 2. The summed E-state index contributed by atoms with van der Waals surface area (Å²) in [5.74, 6) is -1.43. The molecule has 6 nitrogen and oxygen atoms in total. The van der Waals surface area contributed by atoms with Crippen LogP contribution in [0.25, 0.3) is 10.9 Å². The van der Waals surface area contributed by atoms with Crippen LogP contribution in [0.3, 0.4) is 0 Å². The number of H-pyrrole nitrogens is 1. The van der Waals surface area contributed by atoms with Crippen LogP contribution in [-0.4, -0.2) is 23.5 Å². The molecule has 3 aromatic rings. The van der Waals surface area contributed by atoms with E-state index in [1.807, 2.05) is 0 Å². The largest absolute Gasteiger partial charge is 0.451 e. The number of halogens is 2. The zero-order chi connectivity index (χ0) is 19.6. The number of anilines is 1. The van der Waals surface area contributed by atoms with Gasteiger partial charge in [-0.2, -0.15) is 0 Å². The van der Waals surface area contributed by atoms with Gasteiger partial charge < -0.3 is 15.0 Å². The Morgan fingerprint density at radius 2 is 1.89 bits per heavy atom. The third-order valence-electron chi connectivity index (χ3n) is 3.84. The van der Waals surface area contributed by atoms with Crippen LogP contribution in [0.5, 0.6) is 0 Å². The maximum absolute atomic E-state index is 12.2. The molecule has 2 N–H and O–H groups in total. The predicted octanol–water partition coefficient (Wildman–Crippen LogP) is 3.94. The predicted molar refractivity (Wildman–Crippen MR) is 105 cm³/mol. The molecule has 8 heteroatoms. The van der Waals surface area contributed by atoms with Crippen molar-refractivity contribution in [3.63, 3.8) is 0 Å². The van der Waals surface area contributed by atoms with Gasteiger partial charge in [-0.25, -0.2) is 4.79 Å².